The van der Waals surface area contributed by atoms with Crippen molar-refractivity contribution in [1.82, 2.24) is 10.3 Å². The van der Waals surface area contributed by atoms with Gasteiger partial charge in [-0.25, -0.2) is 0 Å². The number of nitrogens with one attached hydrogen (secondary N) is 1. The van der Waals surface area contributed by atoms with Crippen LogP contribution in [0.15, 0.2) is 18.5 Å². The molecule has 0 saturated heterocycles. The van der Waals surface area contributed by atoms with Crippen LogP contribution in [0.2, 0.25) is 0 Å². The molecule has 0 aromatic carbocycles. The van der Waals surface area contributed by atoms with Gasteiger partial charge in [0.15, 0.2) is 0 Å². The van der Waals surface area contributed by atoms with Crippen LogP contribution < -0.4 is 5.32 Å². The molecule has 1 N–H and O–H groups in total. The van der Waals surface area contributed by atoms with Gasteiger partial charge >= 0.3 is 0 Å². The average molecular weight is 236 g/mol. The lowest BCUT2D eigenvalue weighted by Crippen LogP contribution is -2.24. The summed E-state index contributed by atoms with van der Waals surface area (Å²) in [5.41, 5.74) is 2.59. The van der Waals surface area contributed by atoms with Gasteiger partial charge in [0.25, 0.3) is 0 Å². The van der Waals surface area contributed by atoms with Crippen LogP contribution in [0, 0.1) is 6.92 Å². The van der Waals surface area contributed by atoms with Crippen molar-refractivity contribution >= 4 is 0 Å². The number of hydrogen-bond acceptors (Lipinski definition) is 3. The lowest BCUT2D eigenvalue weighted by Gasteiger charge is -2.20. The summed E-state index contributed by atoms with van der Waals surface area (Å²) in [4.78, 5) is 4.22. The maximum atomic E-state index is 5.44. The molecule has 3 heteroatoms. The summed E-state index contributed by atoms with van der Waals surface area (Å²) in [6.45, 7) is 8.97. The second kappa shape index (κ2) is 8.20. The average Bonchev–Trinajstić information content (AvgIpc) is 2.35. The smallest absolute Gasteiger partial charge is 0.0484 e. The fourth-order valence-electron chi connectivity index (χ4n) is 1.87. The predicted octanol–water partition coefficient (Wildman–Crippen LogP) is 2.86. The highest BCUT2D eigenvalue weighted by molar-refractivity contribution is 5.25. The molecule has 96 valence electrons. The Bertz CT molecular complexity index is 315. The number of pyridine rings is 1. The van der Waals surface area contributed by atoms with E-state index in [1.807, 2.05) is 19.3 Å². The van der Waals surface area contributed by atoms with E-state index in [1.165, 1.54) is 11.1 Å². The SMILES string of the molecule is CCCNC(CCOCC)c1cnccc1C. The Morgan fingerprint density at radius 1 is 1.41 bits per heavy atom. The Hall–Kier alpha value is -0.930. The first-order chi connectivity index (χ1) is 8.29. The van der Waals surface area contributed by atoms with Crippen molar-refractivity contribution in [2.45, 2.75) is 39.7 Å². The van der Waals surface area contributed by atoms with E-state index < -0.39 is 0 Å². The van der Waals surface area contributed by atoms with Crippen molar-refractivity contribution in [3.05, 3.63) is 29.6 Å². The van der Waals surface area contributed by atoms with Gasteiger partial charge in [-0.1, -0.05) is 6.92 Å². The third kappa shape index (κ3) is 4.84. The van der Waals surface area contributed by atoms with E-state index in [-0.39, 0.29) is 0 Å². The maximum absolute atomic E-state index is 5.44. The topological polar surface area (TPSA) is 34.1 Å². The normalized spacial score (nSPS) is 12.6. The second-order valence-electron chi connectivity index (χ2n) is 4.22. The summed E-state index contributed by atoms with van der Waals surface area (Å²) in [5, 5.41) is 3.57. The minimum Gasteiger partial charge on any atom is -0.382 e. The molecule has 0 spiro atoms. The first kappa shape index (κ1) is 14.1. The van der Waals surface area contributed by atoms with Crippen molar-refractivity contribution in [3.8, 4) is 0 Å². The lowest BCUT2D eigenvalue weighted by molar-refractivity contribution is 0.136. The molecular weight excluding hydrogens is 212 g/mol. The minimum absolute atomic E-state index is 0.357. The lowest BCUT2D eigenvalue weighted by atomic mass is 10.0. The van der Waals surface area contributed by atoms with E-state index in [0.717, 1.165) is 32.6 Å². The number of ether oxygens (including phenoxy) is 1. The molecule has 1 aromatic rings. The van der Waals surface area contributed by atoms with Crippen LogP contribution in [0.25, 0.3) is 0 Å². The molecule has 0 saturated carbocycles. The van der Waals surface area contributed by atoms with E-state index >= 15 is 0 Å². The van der Waals surface area contributed by atoms with Crippen LogP contribution in [-0.4, -0.2) is 24.7 Å². The molecule has 1 heterocycles. The predicted molar refractivity (Wildman–Crippen MR) is 71.1 cm³/mol. The number of aryl methyl sites for hydroxylation is 1. The Kier molecular flexibility index (Phi) is 6.82. The zero-order valence-electron chi connectivity index (χ0n) is 11.2. The zero-order chi connectivity index (χ0) is 12.5. The molecule has 0 radical (unpaired) electrons. The van der Waals surface area contributed by atoms with Gasteiger partial charge in [-0.3, -0.25) is 4.98 Å². The highest BCUT2D eigenvalue weighted by Crippen LogP contribution is 2.19. The van der Waals surface area contributed by atoms with Crippen molar-refractivity contribution in [1.29, 1.82) is 0 Å². The van der Waals surface area contributed by atoms with E-state index in [2.05, 4.69) is 30.2 Å². The fourth-order valence-corrected chi connectivity index (χ4v) is 1.87. The first-order valence-corrected chi connectivity index (χ1v) is 6.51. The largest absolute Gasteiger partial charge is 0.382 e. The van der Waals surface area contributed by atoms with Gasteiger partial charge in [-0.15, -0.1) is 0 Å². The minimum atomic E-state index is 0.357. The maximum Gasteiger partial charge on any atom is 0.0484 e. The standard InChI is InChI=1S/C14H24N2O/c1-4-8-16-14(7-10-17-5-2)13-11-15-9-6-12(13)3/h6,9,11,14,16H,4-5,7-8,10H2,1-3H3. The Morgan fingerprint density at radius 3 is 2.88 bits per heavy atom. The fraction of sp³-hybridized carbons (Fsp3) is 0.643. The van der Waals surface area contributed by atoms with E-state index in [0.29, 0.717) is 6.04 Å². The summed E-state index contributed by atoms with van der Waals surface area (Å²) < 4.78 is 5.44. The number of hydrogen-bond donors (Lipinski definition) is 1. The molecule has 0 fully saturated rings. The molecule has 1 rings (SSSR count). The second-order valence-corrected chi connectivity index (χ2v) is 4.22. The van der Waals surface area contributed by atoms with Gasteiger partial charge in [0, 0.05) is 31.6 Å². The Balaban J connectivity index is 2.64. The number of nitrogens with zero attached hydrogens (tertiary/aromatic N) is 1. The number of aromatic nitrogens is 1. The van der Waals surface area contributed by atoms with E-state index in [1.54, 1.807) is 0 Å². The molecule has 0 amide bonds. The Labute approximate surface area is 105 Å². The molecule has 0 bridgehead atoms. The molecule has 0 aliphatic heterocycles. The number of rotatable bonds is 8. The summed E-state index contributed by atoms with van der Waals surface area (Å²) in [6.07, 6.45) is 5.96. The third-order valence-corrected chi connectivity index (χ3v) is 2.85. The van der Waals surface area contributed by atoms with Gasteiger partial charge in [-0.2, -0.15) is 0 Å². The van der Waals surface area contributed by atoms with Crippen molar-refractivity contribution in [2.24, 2.45) is 0 Å². The van der Waals surface area contributed by atoms with Crippen LogP contribution in [0.4, 0.5) is 0 Å². The Morgan fingerprint density at radius 2 is 2.24 bits per heavy atom. The van der Waals surface area contributed by atoms with E-state index in [4.69, 9.17) is 4.74 Å². The molecule has 1 atom stereocenters. The summed E-state index contributed by atoms with van der Waals surface area (Å²) in [6, 6.07) is 2.42. The van der Waals surface area contributed by atoms with Gasteiger partial charge in [0.05, 0.1) is 0 Å². The van der Waals surface area contributed by atoms with Crippen molar-refractivity contribution in [3.63, 3.8) is 0 Å². The highest BCUT2D eigenvalue weighted by Gasteiger charge is 2.12. The molecule has 17 heavy (non-hydrogen) atoms. The van der Waals surface area contributed by atoms with Crippen LogP contribution in [0.3, 0.4) is 0 Å². The van der Waals surface area contributed by atoms with Gasteiger partial charge in [0.1, 0.15) is 0 Å². The quantitative estimate of drug-likeness (QED) is 0.705. The van der Waals surface area contributed by atoms with Crippen LogP contribution in [0.1, 0.15) is 43.9 Å². The summed E-state index contributed by atoms with van der Waals surface area (Å²) in [5.74, 6) is 0. The molecule has 0 aliphatic rings. The molecule has 3 nitrogen and oxygen atoms in total. The summed E-state index contributed by atoms with van der Waals surface area (Å²) in [7, 11) is 0. The molecule has 1 unspecified atom stereocenters. The highest BCUT2D eigenvalue weighted by atomic mass is 16.5. The van der Waals surface area contributed by atoms with Crippen molar-refractivity contribution in [2.75, 3.05) is 19.8 Å². The molecule has 1 aromatic heterocycles. The molecule has 0 aliphatic carbocycles. The molecular formula is C14H24N2O. The van der Waals surface area contributed by atoms with Crippen molar-refractivity contribution < 1.29 is 4.74 Å². The first-order valence-electron chi connectivity index (χ1n) is 6.51. The third-order valence-electron chi connectivity index (χ3n) is 2.85. The van der Waals surface area contributed by atoms with Gasteiger partial charge in [-0.05, 0) is 50.4 Å². The van der Waals surface area contributed by atoms with Gasteiger partial charge < -0.3 is 10.1 Å². The van der Waals surface area contributed by atoms with Crippen LogP contribution >= 0.6 is 0 Å². The van der Waals surface area contributed by atoms with Crippen LogP contribution in [0.5, 0.6) is 0 Å². The monoisotopic (exact) mass is 236 g/mol. The van der Waals surface area contributed by atoms with E-state index in [9.17, 15) is 0 Å². The zero-order valence-corrected chi connectivity index (χ0v) is 11.2. The van der Waals surface area contributed by atoms with Gasteiger partial charge in [0.2, 0.25) is 0 Å². The van der Waals surface area contributed by atoms with Crippen LogP contribution in [-0.2, 0) is 4.74 Å². The summed E-state index contributed by atoms with van der Waals surface area (Å²) >= 11 is 0.